The van der Waals surface area contributed by atoms with Crippen LogP contribution in [0.25, 0.3) is 0 Å². The van der Waals surface area contributed by atoms with Crippen LogP contribution in [-0.4, -0.2) is 167 Å². The third kappa shape index (κ3) is 56.9. The van der Waals surface area contributed by atoms with Gasteiger partial charge < -0.3 is 75.1 Å². The highest BCUT2D eigenvalue weighted by atomic mass is 32.1. The molecular weight excluding hydrogens is 1000 g/mol. The number of rotatable bonds is 49. The van der Waals surface area contributed by atoms with E-state index in [-0.39, 0.29) is 68.6 Å². The van der Waals surface area contributed by atoms with E-state index < -0.39 is 5.54 Å². The van der Waals surface area contributed by atoms with E-state index in [1.165, 1.54) is 70.6 Å². The molecule has 76 heavy (non-hydrogen) atoms. The minimum atomic E-state index is -0.787. The van der Waals surface area contributed by atoms with Crippen molar-refractivity contribution in [2.45, 2.75) is 173 Å². The Morgan fingerprint density at radius 3 is 1.50 bits per heavy atom. The summed E-state index contributed by atoms with van der Waals surface area (Å²) < 4.78 is 24.0. The van der Waals surface area contributed by atoms with Gasteiger partial charge in [-0.05, 0) is 58.8 Å². The Morgan fingerprint density at radius 1 is 0.605 bits per heavy atom. The van der Waals surface area contributed by atoms with Gasteiger partial charge in [-0.15, -0.1) is 0 Å². The highest BCUT2D eigenvalue weighted by Crippen LogP contribution is 2.14. The van der Waals surface area contributed by atoms with Gasteiger partial charge in [-0.1, -0.05) is 96.4 Å². The Morgan fingerprint density at radius 2 is 1.04 bits per heavy atom. The van der Waals surface area contributed by atoms with Crippen LogP contribution in [0.1, 0.15) is 161 Å². The van der Waals surface area contributed by atoms with Crippen molar-refractivity contribution in [2.24, 2.45) is 0 Å². The van der Waals surface area contributed by atoms with Gasteiger partial charge in [0.1, 0.15) is 32.6 Å². The summed E-state index contributed by atoms with van der Waals surface area (Å²) in [5.41, 5.74) is 0.125. The first-order valence-corrected chi connectivity index (χ1v) is 27.3. The van der Waals surface area contributed by atoms with Gasteiger partial charge in [0.25, 0.3) is 0 Å². The van der Waals surface area contributed by atoms with Crippen LogP contribution in [0.15, 0.2) is 24.9 Å². The van der Waals surface area contributed by atoms with Crippen LogP contribution >= 0.6 is 12.8 Å². The third-order valence-corrected chi connectivity index (χ3v) is 11.2. The number of imidazole rings is 1. The number of ether oxygens (including phenoxy) is 4. The van der Waals surface area contributed by atoms with Crippen molar-refractivity contribution in [3.63, 3.8) is 0 Å². The van der Waals surface area contributed by atoms with Gasteiger partial charge in [-0.25, -0.2) is 4.98 Å². The van der Waals surface area contributed by atoms with Gasteiger partial charge in [-0.3, -0.25) is 28.7 Å². The number of carbonyl (C=O) groups is 8. The van der Waals surface area contributed by atoms with Crippen LogP contribution in [0, 0.1) is 0 Å². The molecule has 22 nitrogen and oxygen atoms in total. The lowest BCUT2D eigenvalue weighted by molar-refractivity contribution is -0.127. The van der Waals surface area contributed by atoms with Gasteiger partial charge in [0.15, 0.2) is 0 Å². The predicted octanol–water partition coefficient (Wildman–Crippen LogP) is 4.64. The Bertz CT molecular complexity index is 1580. The van der Waals surface area contributed by atoms with Crippen LogP contribution in [-0.2, 0) is 63.7 Å². The Balaban J connectivity index is -0.00000235. The average molecular weight is 1100 g/mol. The maximum atomic E-state index is 12.1. The monoisotopic (exact) mass is 1100 g/mol. The fourth-order valence-corrected chi connectivity index (χ4v) is 6.98. The molecule has 440 valence electrons. The number of aldehydes is 2. The molecule has 1 atom stereocenters. The highest BCUT2D eigenvalue weighted by Gasteiger charge is 2.18. The zero-order valence-electron chi connectivity index (χ0n) is 46.2. The second kappa shape index (κ2) is 57.9. The standard InChI is InChI=1S/C41H77N5O10S.C10H15N3O2.CH4O.CH2O/c1-36(48)19-14-12-10-8-6-4-2-3-5-7-9-11-13-15-21-38(49)42-24-18-22-39(50)44-25-27-53-29-32-56-35-41(52)45-26-28-54-30-31-55-34-40(51)43-23-17-16-20-37(33-47)46-57;1-10(2,6-14)13-9(15)4-3-8-5-11-7-12-8;2*1-2/h33,37,46,48,57H,1-32,34-35H2,(H,42,49)(H,43,51)(H,44,50)(H,45,52);5-7H,3-4H2,1-2H3,(H,11,12)(H,13,15);2H,1H3;1H2. The van der Waals surface area contributed by atoms with E-state index in [0.29, 0.717) is 90.3 Å². The van der Waals surface area contributed by atoms with Crippen molar-refractivity contribution >= 4 is 61.7 Å². The number of aryl methyl sites for hydroxylation is 1. The average Bonchev–Trinajstić information content (AvgIpc) is 3.94. The fourth-order valence-electron chi connectivity index (χ4n) is 6.79. The summed E-state index contributed by atoms with van der Waals surface area (Å²) in [7, 11) is 1.00. The first kappa shape index (κ1) is 75.5. The molecule has 0 aromatic carbocycles. The van der Waals surface area contributed by atoms with Gasteiger partial charge in [-0.2, -0.15) is 0 Å². The minimum absolute atomic E-state index is 0.0486. The molecule has 1 aromatic heterocycles. The second-order valence-corrected chi connectivity index (χ2v) is 18.4. The van der Waals surface area contributed by atoms with Crippen molar-refractivity contribution < 1.29 is 67.5 Å². The Hall–Kier alpha value is -4.78. The van der Waals surface area contributed by atoms with E-state index in [9.17, 15) is 33.6 Å². The summed E-state index contributed by atoms with van der Waals surface area (Å²) in [6.07, 6.45) is 27.1. The molecule has 0 spiro atoms. The van der Waals surface area contributed by atoms with Crippen LogP contribution in [0.4, 0.5) is 0 Å². The van der Waals surface area contributed by atoms with E-state index in [2.05, 4.69) is 60.7 Å². The minimum Gasteiger partial charge on any atom is -0.513 e. The number of hydrogen-bond acceptors (Lipinski definition) is 17. The number of amides is 5. The van der Waals surface area contributed by atoms with Gasteiger partial charge in [0, 0.05) is 70.9 Å². The number of carbonyl (C=O) groups excluding carboxylic acids is 8. The number of allylic oxidation sites excluding steroid dienone is 1. The van der Waals surface area contributed by atoms with Gasteiger partial charge in [0.2, 0.25) is 29.5 Å². The summed E-state index contributed by atoms with van der Waals surface area (Å²) in [5, 5.41) is 29.8. The molecule has 0 saturated carbocycles. The number of aliphatic hydroxyl groups is 2. The summed E-state index contributed by atoms with van der Waals surface area (Å²) in [5.74, 6) is -0.365. The Kier molecular flexibility index (Phi) is 57.5. The topological polar surface area (TPSA) is 315 Å². The maximum absolute atomic E-state index is 12.1. The number of unbranched alkanes of at least 4 members (excludes halogenated alkanes) is 14. The molecule has 0 bridgehead atoms. The second-order valence-electron chi connectivity index (χ2n) is 18.2. The normalized spacial score (nSPS) is 11.0. The molecule has 0 radical (unpaired) electrons. The van der Waals surface area contributed by atoms with Crippen molar-refractivity contribution in [1.82, 2.24) is 41.3 Å². The molecule has 0 aliphatic rings. The lowest BCUT2D eigenvalue weighted by Crippen LogP contribution is -2.44. The number of hydrogen-bond donors (Lipinski definition) is 10. The number of nitrogens with one attached hydrogen (secondary N) is 7. The predicted molar refractivity (Wildman–Crippen MR) is 296 cm³/mol. The van der Waals surface area contributed by atoms with Gasteiger partial charge >= 0.3 is 0 Å². The summed E-state index contributed by atoms with van der Waals surface area (Å²) in [6.45, 7) is 12.0. The maximum Gasteiger partial charge on any atom is 0.246 e. The van der Waals surface area contributed by atoms with Crippen molar-refractivity contribution in [3.05, 3.63) is 30.6 Å². The summed E-state index contributed by atoms with van der Waals surface area (Å²) in [6, 6.07) is -0.283. The van der Waals surface area contributed by atoms with Crippen LogP contribution in [0.3, 0.4) is 0 Å². The molecule has 0 saturated heterocycles. The lowest BCUT2D eigenvalue weighted by Gasteiger charge is -2.18. The number of aromatic nitrogens is 2. The quantitative estimate of drug-likeness (QED) is 0.0184. The van der Waals surface area contributed by atoms with Crippen LogP contribution < -0.4 is 31.3 Å². The zero-order chi connectivity index (χ0) is 57.2. The zero-order valence-corrected chi connectivity index (χ0v) is 47.1. The smallest absolute Gasteiger partial charge is 0.246 e. The number of thiol groups is 1. The molecule has 5 amide bonds. The highest BCUT2D eigenvalue weighted by molar-refractivity contribution is 7.78. The summed E-state index contributed by atoms with van der Waals surface area (Å²) >= 11 is 3.87. The van der Waals surface area contributed by atoms with E-state index in [0.717, 1.165) is 63.9 Å². The Labute approximate surface area is 458 Å². The third-order valence-electron chi connectivity index (χ3n) is 10.9. The van der Waals surface area contributed by atoms with E-state index in [1.54, 1.807) is 26.4 Å². The molecule has 0 aliphatic heterocycles. The first-order valence-electron chi connectivity index (χ1n) is 26.9. The number of nitrogens with zero attached hydrogens (tertiary/aromatic N) is 1. The van der Waals surface area contributed by atoms with Crippen molar-refractivity contribution in [3.8, 4) is 0 Å². The lowest BCUT2D eigenvalue weighted by atomic mass is 10.0. The van der Waals surface area contributed by atoms with E-state index >= 15 is 0 Å². The molecule has 23 heteroatoms. The van der Waals surface area contributed by atoms with Crippen LogP contribution in [0.5, 0.6) is 0 Å². The van der Waals surface area contributed by atoms with E-state index in [4.69, 9.17) is 34.0 Å². The molecular formula is C53H98N8O14S. The molecule has 0 aliphatic carbocycles. The molecule has 9 N–H and O–H groups in total. The molecule has 1 unspecified atom stereocenters. The number of aliphatic hydroxyl groups excluding tert-OH is 2. The van der Waals surface area contributed by atoms with E-state index in [1.807, 2.05) is 6.79 Å². The number of aromatic amines is 1. The molecule has 1 heterocycles. The molecule has 1 aromatic rings. The largest absolute Gasteiger partial charge is 0.513 e. The van der Waals surface area contributed by atoms with Gasteiger partial charge in [0.05, 0.1) is 63.3 Å². The SMILES string of the molecule is C=C(O)CCCCCCCCCCCCCCCCC(=O)NCCCC(=O)NCCOCCOCC(=O)NCCOCCOCC(=O)NCCCCC(C=O)NS.C=O.CC(C)(C=O)NC(=O)CCc1cnc[nH]1.CO. The van der Waals surface area contributed by atoms with Crippen LogP contribution in [0.2, 0.25) is 0 Å². The molecule has 0 fully saturated rings. The molecule has 1 rings (SSSR count). The number of H-pyrrole nitrogens is 1. The first-order chi connectivity index (χ1) is 36.8. The fraction of sp³-hybridized carbons (Fsp3) is 0.755. The summed E-state index contributed by atoms with van der Waals surface area (Å²) in [4.78, 5) is 95.1. The van der Waals surface area contributed by atoms with Crippen molar-refractivity contribution in [2.75, 3.05) is 86.1 Å². The van der Waals surface area contributed by atoms with Crippen molar-refractivity contribution in [1.29, 1.82) is 0 Å².